The van der Waals surface area contributed by atoms with Gasteiger partial charge in [-0.15, -0.1) is 11.3 Å². The van der Waals surface area contributed by atoms with Gasteiger partial charge in [-0.1, -0.05) is 140 Å². The van der Waals surface area contributed by atoms with Crippen molar-refractivity contribution in [1.82, 2.24) is 0 Å². The summed E-state index contributed by atoms with van der Waals surface area (Å²) in [4.78, 5) is 2.49. The number of para-hydroxylation sites is 1. The molecule has 10 rings (SSSR count). The summed E-state index contributed by atoms with van der Waals surface area (Å²) in [6, 6.07) is 64.6. The van der Waals surface area contributed by atoms with E-state index in [1.807, 2.05) is 11.3 Å². The van der Waals surface area contributed by atoms with E-state index in [-0.39, 0.29) is 0 Å². The van der Waals surface area contributed by atoms with Gasteiger partial charge in [0, 0.05) is 36.8 Å². The molecule has 0 saturated carbocycles. The first-order chi connectivity index (χ1) is 23.8. The van der Waals surface area contributed by atoms with Gasteiger partial charge in [-0.25, -0.2) is 0 Å². The Kier molecular flexibility index (Phi) is 6.12. The zero-order chi connectivity index (χ0) is 31.6. The quantitative estimate of drug-likeness (QED) is 0.176. The van der Waals surface area contributed by atoms with Crippen molar-refractivity contribution in [3.8, 4) is 11.1 Å². The molecule has 0 amide bonds. The van der Waals surface area contributed by atoms with E-state index in [1.165, 1.54) is 80.1 Å². The lowest BCUT2D eigenvalue weighted by Crippen LogP contribution is -2.12. The van der Waals surface area contributed by atoms with Gasteiger partial charge in [0.2, 0.25) is 0 Å². The summed E-state index contributed by atoms with van der Waals surface area (Å²) in [7, 11) is 0. The third-order valence-electron chi connectivity index (χ3n) is 9.80. The maximum atomic E-state index is 2.49. The van der Waals surface area contributed by atoms with E-state index in [1.54, 1.807) is 0 Å². The molecule has 0 unspecified atom stereocenters. The van der Waals surface area contributed by atoms with Gasteiger partial charge in [-0.2, -0.15) is 0 Å². The largest absolute Gasteiger partial charge is 0.309 e. The Morgan fingerprint density at radius 1 is 0.354 bits per heavy atom. The average Bonchev–Trinajstić information content (AvgIpc) is 3.54. The van der Waals surface area contributed by atoms with Crippen molar-refractivity contribution < 1.29 is 0 Å². The molecule has 0 bridgehead atoms. The van der Waals surface area contributed by atoms with Crippen molar-refractivity contribution in [2.75, 3.05) is 4.90 Å². The number of hydrogen-bond donors (Lipinski definition) is 0. The predicted octanol–water partition coefficient (Wildman–Crippen LogP) is 13.8. The van der Waals surface area contributed by atoms with Gasteiger partial charge in [-0.05, 0) is 79.7 Å². The molecule has 0 N–H and O–H groups in total. The third-order valence-corrected chi connectivity index (χ3v) is 10.9. The van der Waals surface area contributed by atoms with E-state index in [0.717, 1.165) is 11.4 Å². The van der Waals surface area contributed by atoms with Crippen LogP contribution in [0.15, 0.2) is 176 Å². The number of thiophene rings is 1. The summed E-state index contributed by atoms with van der Waals surface area (Å²) in [5.74, 6) is 0. The van der Waals surface area contributed by atoms with Crippen LogP contribution in [0.25, 0.3) is 74.4 Å². The molecular formula is C46H29NS. The van der Waals surface area contributed by atoms with E-state index in [9.17, 15) is 0 Å². The van der Waals surface area contributed by atoms with Crippen LogP contribution in [-0.4, -0.2) is 0 Å². The monoisotopic (exact) mass is 627 g/mol. The number of anilines is 3. The van der Waals surface area contributed by atoms with Crippen LogP contribution in [0.1, 0.15) is 0 Å². The van der Waals surface area contributed by atoms with E-state index in [0.29, 0.717) is 0 Å². The van der Waals surface area contributed by atoms with Gasteiger partial charge < -0.3 is 4.90 Å². The molecule has 2 heteroatoms. The molecule has 0 aliphatic carbocycles. The normalized spacial score (nSPS) is 11.8. The number of nitrogens with zero attached hydrogens (tertiary/aromatic N) is 1. The third kappa shape index (κ3) is 4.17. The van der Waals surface area contributed by atoms with Gasteiger partial charge in [0.05, 0.1) is 11.4 Å². The van der Waals surface area contributed by atoms with Gasteiger partial charge in [0.15, 0.2) is 0 Å². The summed E-state index contributed by atoms with van der Waals surface area (Å²) < 4.78 is 2.66. The Balaban J connectivity index is 1.31. The highest BCUT2D eigenvalue weighted by atomic mass is 32.1. The fourth-order valence-corrected chi connectivity index (χ4v) is 8.78. The lowest BCUT2D eigenvalue weighted by atomic mass is 9.94. The van der Waals surface area contributed by atoms with Gasteiger partial charge >= 0.3 is 0 Å². The van der Waals surface area contributed by atoms with Crippen molar-refractivity contribution >= 4 is 91.7 Å². The van der Waals surface area contributed by atoms with Crippen LogP contribution in [0.4, 0.5) is 17.1 Å². The minimum Gasteiger partial charge on any atom is -0.309 e. The highest BCUT2D eigenvalue weighted by molar-refractivity contribution is 7.26. The Labute approximate surface area is 282 Å². The van der Waals surface area contributed by atoms with Crippen LogP contribution in [0.3, 0.4) is 0 Å². The van der Waals surface area contributed by atoms with Crippen LogP contribution in [-0.2, 0) is 0 Å². The van der Waals surface area contributed by atoms with Crippen LogP contribution in [0.2, 0.25) is 0 Å². The smallest absolute Gasteiger partial charge is 0.0546 e. The summed E-state index contributed by atoms with van der Waals surface area (Å²) in [6.07, 6.45) is 0. The predicted molar refractivity (Wildman–Crippen MR) is 209 cm³/mol. The molecule has 1 aromatic heterocycles. The maximum Gasteiger partial charge on any atom is 0.0546 e. The van der Waals surface area contributed by atoms with Crippen molar-refractivity contribution in [1.29, 1.82) is 0 Å². The van der Waals surface area contributed by atoms with Crippen LogP contribution in [0.5, 0.6) is 0 Å². The summed E-state index contributed by atoms with van der Waals surface area (Å²) in [5.41, 5.74) is 5.84. The standard InChI is InChI=1S/C46H29NS/c1-2-11-30(12-3-1)36-15-6-8-18-40(36)47(35-26-27-38-34(29-35)25-28-43-46(38)39-17-7-9-20-42(39)48-43)41-19-10-14-32-23-24-33-22-21-31-13-4-5-16-37(31)44(33)45(32)41/h1-29H. The lowest BCUT2D eigenvalue weighted by molar-refractivity contribution is 1.31. The first kappa shape index (κ1) is 27.2. The topological polar surface area (TPSA) is 3.24 Å². The molecule has 1 nitrogen and oxygen atoms in total. The van der Waals surface area contributed by atoms with Crippen molar-refractivity contribution in [3.05, 3.63) is 176 Å². The first-order valence-electron chi connectivity index (χ1n) is 16.4. The molecule has 1 heterocycles. The Hall–Kier alpha value is -5.96. The SMILES string of the molecule is c1ccc(-c2ccccc2N(c2ccc3c(ccc4sc5ccccc5c43)c2)c2cccc3ccc4ccc5ccccc5c4c23)cc1. The van der Waals surface area contributed by atoms with E-state index < -0.39 is 0 Å². The second kappa shape index (κ2) is 10.8. The molecule has 9 aromatic carbocycles. The Bertz CT molecular complexity index is 2840. The van der Waals surface area contributed by atoms with E-state index >= 15 is 0 Å². The van der Waals surface area contributed by atoms with Crippen LogP contribution >= 0.6 is 11.3 Å². The Morgan fingerprint density at radius 2 is 1.00 bits per heavy atom. The van der Waals surface area contributed by atoms with E-state index in [2.05, 4.69) is 181 Å². The van der Waals surface area contributed by atoms with E-state index in [4.69, 9.17) is 0 Å². The first-order valence-corrected chi connectivity index (χ1v) is 17.3. The molecule has 224 valence electrons. The average molecular weight is 628 g/mol. The van der Waals surface area contributed by atoms with Crippen molar-refractivity contribution in [2.24, 2.45) is 0 Å². The highest BCUT2D eigenvalue weighted by Crippen LogP contribution is 2.47. The van der Waals surface area contributed by atoms with Gasteiger partial charge in [0.1, 0.15) is 0 Å². The molecule has 48 heavy (non-hydrogen) atoms. The molecule has 10 aromatic rings. The second-order valence-corrected chi connectivity index (χ2v) is 13.6. The molecule has 0 radical (unpaired) electrons. The maximum absolute atomic E-state index is 2.49. The Morgan fingerprint density at radius 3 is 1.90 bits per heavy atom. The van der Waals surface area contributed by atoms with Crippen molar-refractivity contribution in [2.45, 2.75) is 0 Å². The minimum absolute atomic E-state index is 1.13. The van der Waals surface area contributed by atoms with Gasteiger partial charge in [0.25, 0.3) is 0 Å². The minimum atomic E-state index is 1.13. The fraction of sp³-hybridized carbons (Fsp3) is 0. The zero-order valence-electron chi connectivity index (χ0n) is 26.1. The van der Waals surface area contributed by atoms with Crippen molar-refractivity contribution in [3.63, 3.8) is 0 Å². The highest BCUT2D eigenvalue weighted by Gasteiger charge is 2.21. The van der Waals surface area contributed by atoms with Crippen LogP contribution < -0.4 is 4.90 Å². The number of benzene rings is 9. The number of fused-ring (bicyclic) bond motifs is 10. The molecule has 0 aliphatic heterocycles. The molecule has 0 atom stereocenters. The van der Waals surface area contributed by atoms with Gasteiger partial charge in [-0.3, -0.25) is 0 Å². The molecule has 0 fully saturated rings. The summed E-state index contributed by atoms with van der Waals surface area (Å²) >= 11 is 1.87. The van der Waals surface area contributed by atoms with Crippen LogP contribution in [0, 0.1) is 0 Å². The second-order valence-electron chi connectivity index (χ2n) is 12.5. The summed E-state index contributed by atoms with van der Waals surface area (Å²) in [6.45, 7) is 0. The summed E-state index contributed by atoms with van der Waals surface area (Å²) in [5, 5.41) is 12.7. The molecular weight excluding hydrogens is 599 g/mol. The molecule has 0 saturated heterocycles. The number of hydrogen-bond acceptors (Lipinski definition) is 2. The lowest BCUT2D eigenvalue weighted by Gasteiger charge is -2.30. The molecule has 0 aliphatic rings. The number of rotatable bonds is 4. The fourth-order valence-electron chi connectivity index (χ4n) is 7.66. The molecule has 0 spiro atoms. The zero-order valence-corrected chi connectivity index (χ0v) is 26.9.